The molecule has 2 fully saturated rings. The van der Waals surface area contributed by atoms with Crippen LogP contribution in [-0.2, 0) is 0 Å². The zero-order chi connectivity index (χ0) is 7.03. The summed E-state index contributed by atoms with van der Waals surface area (Å²) in [6, 6.07) is 0. The zero-order valence-electron chi connectivity index (χ0n) is 6.27. The first-order valence-electron chi connectivity index (χ1n) is 4.24. The molecule has 2 rings (SSSR count). The first-order chi connectivity index (χ1) is 4.81. The van der Waals surface area contributed by atoms with Crippen LogP contribution in [-0.4, -0.2) is 23.3 Å². The van der Waals surface area contributed by atoms with Crippen molar-refractivity contribution in [3.8, 4) is 0 Å². The van der Waals surface area contributed by atoms with Crippen molar-refractivity contribution < 1.29 is 5.11 Å². The van der Waals surface area contributed by atoms with Crippen molar-refractivity contribution in [2.75, 3.05) is 6.54 Å². The molecule has 1 spiro atoms. The smallest absolute Gasteiger partial charge is 0.0558 e. The normalized spacial score (nSPS) is 47.1. The van der Waals surface area contributed by atoms with E-state index in [4.69, 9.17) is 0 Å². The van der Waals surface area contributed by atoms with Crippen molar-refractivity contribution >= 4 is 0 Å². The van der Waals surface area contributed by atoms with Gasteiger partial charge in [-0.2, -0.15) is 0 Å². The van der Waals surface area contributed by atoms with Crippen molar-refractivity contribution in [2.24, 2.45) is 0 Å². The minimum absolute atomic E-state index is 0.0226. The third kappa shape index (κ3) is 0.956. The number of aliphatic hydroxyl groups excluding tert-OH is 1. The lowest BCUT2D eigenvalue weighted by molar-refractivity contribution is 0.171. The maximum atomic E-state index is 9.31. The van der Waals surface area contributed by atoms with Gasteiger partial charge in [-0.15, -0.1) is 0 Å². The van der Waals surface area contributed by atoms with Gasteiger partial charge in [0.25, 0.3) is 0 Å². The molecule has 0 amide bonds. The predicted octanol–water partition coefficient (Wildman–Crippen LogP) is 0.653. The number of nitrogens with one attached hydrogen (secondary N) is 1. The van der Waals surface area contributed by atoms with Crippen LogP contribution in [0.1, 0.15) is 32.1 Å². The van der Waals surface area contributed by atoms with Gasteiger partial charge in [-0.05, 0) is 38.6 Å². The largest absolute Gasteiger partial charge is 0.393 e. The molecule has 2 unspecified atom stereocenters. The molecule has 0 aromatic rings. The van der Waals surface area contributed by atoms with Crippen molar-refractivity contribution in [3.63, 3.8) is 0 Å². The van der Waals surface area contributed by atoms with Crippen molar-refractivity contribution in [3.05, 3.63) is 0 Å². The number of rotatable bonds is 0. The highest BCUT2D eigenvalue weighted by molar-refractivity contribution is 4.99. The van der Waals surface area contributed by atoms with Crippen LogP contribution >= 0.6 is 0 Å². The lowest BCUT2D eigenvalue weighted by Gasteiger charge is -2.22. The van der Waals surface area contributed by atoms with Gasteiger partial charge in [0.1, 0.15) is 0 Å². The molecule has 1 saturated carbocycles. The molecule has 0 radical (unpaired) electrons. The molecular formula is C8H15NO. The Hall–Kier alpha value is -0.0800. The van der Waals surface area contributed by atoms with E-state index < -0.39 is 0 Å². The third-order valence-corrected chi connectivity index (χ3v) is 2.91. The lowest BCUT2D eigenvalue weighted by Crippen LogP contribution is -2.37. The first-order valence-corrected chi connectivity index (χ1v) is 4.24. The average Bonchev–Trinajstić information content (AvgIpc) is 2.46. The van der Waals surface area contributed by atoms with Crippen LogP contribution in [0.2, 0.25) is 0 Å². The van der Waals surface area contributed by atoms with Gasteiger partial charge >= 0.3 is 0 Å². The Kier molecular flexibility index (Phi) is 1.46. The van der Waals surface area contributed by atoms with E-state index in [1.54, 1.807) is 0 Å². The topological polar surface area (TPSA) is 32.3 Å². The fourth-order valence-corrected chi connectivity index (χ4v) is 2.35. The Morgan fingerprint density at radius 1 is 1.40 bits per heavy atom. The van der Waals surface area contributed by atoms with Crippen LogP contribution in [0.4, 0.5) is 0 Å². The molecule has 0 aromatic carbocycles. The van der Waals surface area contributed by atoms with E-state index in [2.05, 4.69) is 5.32 Å². The molecule has 2 atom stereocenters. The molecule has 58 valence electrons. The van der Waals surface area contributed by atoms with Gasteiger partial charge in [-0.1, -0.05) is 0 Å². The molecule has 0 bridgehead atoms. The summed E-state index contributed by atoms with van der Waals surface area (Å²) in [5.74, 6) is 0. The maximum Gasteiger partial charge on any atom is 0.0558 e. The summed E-state index contributed by atoms with van der Waals surface area (Å²) in [6.45, 7) is 1.16. The second-order valence-corrected chi connectivity index (χ2v) is 3.71. The van der Waals surface area contributed by atoms with Gasteiger partial charge in [0.15, 0.2) is 0 Å². The highest BCUT2D eigenvalue weighted by Gasteiger charge is 2.39. The number of hydrogen-bond donors (Lipinski definition) is 2. The molecule has 1 saturated heterocycles. The molecule has 2 N–H and O–H groups in total. The van der Waals surface area contributed by atoms with E-state index in [1.807, 2.05) is 0 Å². The van der Waals surface area contributed by atoms with Crippen molar-refractivity contribution in [1.29, 1.82) is 0 Å². The second kappa shape index (κ2) is 2.21. The molecule has 2 nitrogen and oxygen atoms in total. The van der Waals surface area contributed by atoms with E-state index in [9.17, 15) is 5.11 Å². The van der Waals surface area contributed by atoms with Gasteiger partial charge in [0, 0.05) is 5.54 Å². The lowest BCUT2D eigenvalue weighted by atomic mass is 9.96. The minimum Gasteiger partial charge on any atom is -0.393 e. The molecule has 2 aliphatic rings. The maximum absolute atomic E-state index is 9.31. The molecular weight excluding hydrogens is 126 g/mol. The Bertz CT molecular complexity index is 129. The average molecular weight is 141 g/mol. The van der Waals surface area contributed by atoms with Crippen molar-refractivity contribution in [2.45, 2.75) is 43.7 Å². The zero-order valence-corrected chi connectivity index (χ0v) is 6.27. The van der Waals surface area contributed by atoms with E-state index in [-0.39, 0.29) is 6.10 Å². The van der Waals surface area contributed by atoms with Crippen LogP contribution in [0.3, 0.4) is 0 Å². The predicted molar refractivity (Wildman–Crippen MR) is 39.8 cm³/mol. The summed E-state index contributed by atoms with van der Waals surface area (Å²) >= 11 is 0. The van der Waals surface area contributed by atoms with Crippen LogP contribution in [0.5, 0.6) is 0 Å². The molecule has 1 heterocycles. The monoisotopic (exact) mass is 141 g/mol. The van der Waals surface area contributed by atoms with Crippen molar-refractivity contribution in [1.82, 2.24) is 5.32 Å². The second-order valence-electron chi connectivity index (χ2n) is 3.71. The van der Waals surface area contributed by atoms with Gasteiger partial charge in [-0.25, -0.2) is 0 Å². The molecule has 1 aliphatic carbocycles. The van der Waals surface area contributed by atoms with Crippen LogP contribution in [0, 0.1) is 0 Å². The minimum atomic E-state index is -0.0226. The molecule has 10 heavy (non-hydrogen) atoms. The van der Waals surface area contributed by atoms with Gasteiger partial charge in [0.05, 0.1) is 6.10 Å². The Labute approximate surface area is 61.6 Å². The van der Waals surface area contributed by atoms with Crippen LogP contribution in [0.15, 0.2) is 0 Å². The number of aliphatic hydroxyl groups is 1. The fourth-order valence-electron chi connectivity index (χ4n) is 2.35. The van der Waals surface area contributed by atoms with E-state index in [0.29, 0.717) is 5.54 Å². The number of hydrogen-bond acceptors (Lipinski definition) is 2. The Morgan fingerprint density at radius 2 is 2.30 bits per heavy atom. The SMILES string of the molecule is OC1CCC2(CCCN2)C1. The highest BCUT2D eigenvalue weighted by Crippen LogP contribution is 2.36. The highest BCUT2D eigenvalue weighted by atomic mass is 16.3. The summed E-state index contributed by atoms with van der Waals surface area (Å²) in [5, 5.41) is 12.8. The van der Waals surface area contributed by atoms with Crippen LogP contribution < -0.4 is 5.32 Å². The quantitative estimate of drug-likeness (QED) is 0.519. The van der Waals surface area contributed by atoms with E-state index in [1.165, 1.54) is 19.3 Å². The summed E-state index contributed by atoms with van der Waals surface area (Å²) < 4.78 is 0. The Morgan fingerprint density at radius 3 is 2.80 bits per heavy atom. The standard InChI is InChI=1S/C8H15NO/c10-7-2-4-8(6-7)3-1-5-9-8/h7,9-10H,1-6H2. The van der Waals surface area contributed by atoms with Crippen LogP contribution in [0.25, 0.3) is 0 Å². The summed E-state index contributed by atoms with van der Waals surface area (Å²) in [7, 11) is 0. The summed E-state index contributed by atoms with van der Waals surface area (Å²) in [4.78, 5) is 0. The molecule has 2 heteroatoms. The van der Waals surface area contributed by atoms with Gasteiger partial charge in [-0.3, -0.25) is 0 Å². The molecule has 1 aliphatic heterocycles. The fraction of sp³-hybridized carbons (Fsp3) is 1.00. The van der Waals surface area contributed by atoms with E-state index in [0.717, 1.165) is 19.4 Å². The first kappa shape index (κ1) is 6.62. The summed E-state index contributed by atoms with van der Waals surface area (Å²) in [5.41, 5.74) is 0.361. The third-order valence-electron chi connectivity index (χ3n) is 2.91. The van der Waals surface area contributed by atoms with Gasteiger partial charge < -0.3 is 10.4 Å². The molecule has 0 aromatic heterocycles. The summed E-state index contributed by atoms with van der Waals surface area (Å²) in [6.07, 6.45) is 5.75. The van der Waals surface area contributed by atoms with Gasteiger partial charge in [0.2, 0.25) is 0 Å². The van der Waals surface area contributed by atoms with E-state index >= 15 is 0 Å². The Balaban J connectivity index is 2.03.